The molecule has 2 nitrogen and oxygen atoms in total. The maximum atomic E-state index is 13.7. The molecule has 0 fully saturated rings. The molecule has 2 aromatic carbocycles. The van der Waals surface area contributed by atoms with Gasteiger partial charge in [0.25, 0.3) is 0 Å². The highest BCUT2D eigenvalue weighted by Gasteiger charge is 2.17. The van der Waals surface area contributed by atoms with E-state index in [-0.39, 0.29) is 22.1 Å². The molecule has 0 saturated heterocycles. The topological polar surface area (TPSA) is 29.5 Å². The van der Waals surface area contributed by atoms with Crippen LogP contribution in [0.3, 0.4) is 0 Å². The second-order valence-electron chi connectivity index (χ2n) is 4.13. The van der Waals surface area contributed by atoms with Crippen LogP contribution in [0.5, 0.6) is 11.5 Å². The van der Waals surface area contributed by atoms with Crippen LogP contribution in [-0.4, -0.2) is 5.11 Å². The summed E-state index contributed by atoms with van der Waals surface area (Å²) in [7, 11) is 0. The summed E-state index contributed by atoms with van der Waals surface area (Å²) in [5.41, 5.74) is 0.00904. The van der Waals surface area contributed by atoms with Crippen molar-refractivity contribution < 1.29 is 18.6 Å². The number of halogens is 4. The zero-order valence-electron chi connectivity index (χ0n) is 10.3. The van der Waals surface area contributed by atoms with Crippen molar-refractivity contribution in [3.05, 3.63) is 57.0 Å². The third kappa shape index (κ3) is 3.11. The molecule has 106 valence electrons. The summed E-state index contributed by atoms with van der Waals surface area (Å²) < 4.78 is 33.0. The zero-order chi connectivity index (χ0) is 14.9. The first kappa shape index (κ1) is 15.2. The Balaban J connectivity index is 2.45. The first-order chi connectivity index (χ1) is 9.40. The number of benzene rings is 2. The van der Waals surface area contributed by atoms with Crippen molar-refractivity contribution in [1.29, 1.82) is 0 Å². The van der Waals surface area contributed by atoms with Crippen LogP contribution in [0.4, 0.5) is 8.78 Å². The van der Waals surface area contributed by atoms with Gasteiger partial charge in [0.1, 0.15) is 23.1 Å². The molecule has 0 spiro atoms. The minimum absolute atomic E-state index is 0.00904. The van der Waals surface area contributed by atoms with E-state index >= 15 is 0 Å². The first-order valence-electron chi connectivity index (χ1n) is 5.69. The average Bonchev–Trinajstić information content (AvgIpc) is 2.35. The van der Waals surface area contributed by atoms with Gasteiger partial charge in [-0.2, -0.15) is 0 Å². The Morgan fingerprint density at radius 3 is 2.55 bits per heavy atom. The number of aliphatic hydroxyl groups is 1. The highest BCUT2D eigenvalue weighted by Crippen LogP contribution is 2.37. The molecule has 0 aliphatic carbocycles. The highest BCUT2D eigenvalue weighted by atomic mass is 79.9. The van der Waals surface area contributed by atoms with Crippen molar-refractivity contribution >= 4 is 27.5 Å². The lowest BCUT2D eigenvalue weighted by atomic mass is 10.1. The second kappa shape index (κ2) is 6.08. The van der Waals surface area contributed by atoms with Gasteiger partial charge in [0.15, 0.2) is 0 Å². The minimum atomic E-state index is -1.05. The van der Waals surface area contributed by atoms with Gasteiger partial charge in [-0.3, -0.25) is 0 Å². The summed E-state index contributed by atoms with van der Waals surface area (Å²) >= 11 is 8.82. The van der Waals surface area contributed by atoms with E-state index in [9.17, 15) is 13.9 Å². The van der Waals surface area contributed by atoms with Crippen LogP contribution in [0, 0.1) is 11.6 Å². The molecule has 1 N–H and O–H groups in total. The van der Waals surface area contributed by atoms with Crippen molar-refractivity contribution in [2.75, 3.05) is 0 Å². The third-order valence-electron chi connectivity index (χ3n) is 2.63. The van der Waals surface area contributed by atoms with Crippen LogP contribution >= 0.6 is 27.5 Å². The van der Waals surface area contributed by atoms with Gasteiger partial charge in [0.2, 0.25) is 0 Å². The van der Waals surface area contributed by atoms with Crippen molar-refractivity contribution in [3.63, 3.8) is 0 Å². The summed E-state index contributed by atoms with van der Waals surface area (Å²) in [6.07, 6.45) is -1.05. The van der Waals surface area contributed by atoms with Gasteiger partial charge in [-0.1, -0.05) is 17.7 Å². The quantitative estimate of drug-likeness (QED) is 0.757. The predicted molar refractivity (Wildman–Crippen MR) is 76.2 cm³/mol. The lowest BCUT2D eigenvalue weighted by Crippen LogP contribution is -2.00. The number of rotatable bonds is 3. The lowest BCUT2D eigenvalue weighted by molar-refractivity contribution is 0.190. The van der Waals surface area contributed by atoms with Crippen molar-refractivity contribution in [2.24, 2.45) is 0 Å². The number of aliphatic hydroxyl groups excluding tert-OH is 1. The number of hydrogen-bond donors (Lipinski definition) is 1. The Labute approximate surface area is 128 Å². The van der Waals surface area contributed by atoms with Crippen molar-refractivity contribution in [1.82, 2.24) is 0 Å². The van der Waals surface area contributed by atoms with Gasteiger partial charge < -0.3 is 9.84 Å². The van der Waals surface area contributed by atoms with E-state index in [2.05, 4.69) is 15.9 Å². The second-order valence-corrected chi connectivity index (χ2v) is 5.39. The standard InChI is InChI=1S/C14H10BrClF2O2/c1-7(19)14-10(17)3-2-4-12(14)20-13-6-11(18)9(16)5-8(13)15/h2-7,19H,1H3/t7-/m1/s1. The van der Waals surface area contributed by atoms with Crippen molar-refractivity contribution in [2.45, 2.75) is 13.0 Å². The van der Waals surface area contributed by atoms with E-state index in [4.69, 9.17) is 16.3 Å². The summed E-state index contributed by atoms with van der Waals surface area (Å²) in [5, 5.41) is 9.55. The molecule has 1 atom stereocenters. The first-order valence-corrected chi connectivity index (χ1v) is 6.86. The van der Waals surface area contributed by atoms with Gasteiger partial charge >= 0.3 is 0 Å². The molecule has 0 radical (unpaired) electrons. The van der Waals surface area contributed by atoms with Crippen LogP contribution in [0.15, 0.2) is 34.8 Å². The zero-order valence-corrected chi connectivity index (χ0v) is 12.7. The maximum Gasteiger partial charge on any atom is 0.145 e. The minimum Gasteiger partial charge on any atom is -0.456 e. The smallest absolute Gasteiger partial charge is 0.145 e. The monoisotopic (exact) mass is 362 g/mol. The summed E-state index contributed by atoms with van der Waals surface area (Å²) in [6, 6.07) is 6.57. The summed E-state index contributed by atoms with van der Waals surface area (Å²) in [6.45, 7) is 1.42. The van der Waals surface area contributed by atoms with Crippen molar-refractivity contribution in [3.8, 4) is 11.5 Å². The highest BCUT2D eigenvalue weighted by molar-refractivity contribution is 9.10. The summed E-state index contributed by atoms with van der Waals surface area (Å²) in [5.74, 6) is -0.996. The molecular weight excluding hydrogens is 354 g/mol. The van der Waals surface area contributed by atoms with E-state index in [0.717, 1.165) is 6.07 Å². The molecule has 0 aliphatic heterocycles. The largest absolute Gasteiger partial charge is 0.456 e. The van der Waals surface area contributed by atoms with Gasteiger partial charge in [0, 0.05) is 6.07 Å². The Hall–Kier alpha value is -1.17. The maximum absolute atomic E-state index is 13.7. The fourth-order valence-electron chi connectivity index (χ4n) is 1.71. The van der Waals surface area contributed by atoms with Crippen LogP contribution in [0.25, 0.3) is 0 Å². The molecule has 0 aromatic heterocycles. The van der Waals surface area contributed by atoms with Crippen LogP contribution in [-0.2, 0) is 0 Å². The SMILES string of the molecule is C[C@@H](O)c1c(F)cccc1Oc1cc(F)c(Cl)cc1Br. The molecule has 0 unspecified atom stereocenters. The van der Waals surface area contributed by atoms with E-state index in [1.807, 2.05) is 0 Å². The fraction of sp³-hybridized carbons (Fsp3) is 0.143. The Morgan fingerprint density at radius 2 is 1.90 bits per heavy atom. The van der Waals surface area contributed by atoms with E-state index in [0.29, 0.717) is 4.47 Å². The molecule has 20 heavy (non-hydrogen) atoms. The molecule has 0 bridgehead atoms. The molecule has 2 rings (SSSR count). The van der Waals surface area contributed by atoms with Gasteiger partial charge in [-0.05, 0) is 41.1 Å². The third-order valence-corrected chi connectivity index (χ3v) is 3.53. The molecule has 0 amide bonds. The average molecular weight is 364 g/mol. The normalized spacial score (nSPS) is 12.3. The van der Waals surface area contributed by atoms with E-state index in [1.165, 1.54) is 31.2 Å². The number of hydrogen-bond acceptors (Lipinski definition) is 2. The fourth-order valence-corrected chi connectivity index (χ4v) is 2.43. The lowest BCUT2D eigenvalue weighted by Gasteiger charge is -2.15. The number of ether oxygens (including phenoxy) is 1. The molecule has 2 aromatic rings. The predicted octanol–water partition coefficient (Wildman–Crippen LogP) is 5.23. The Kier molecular flexibility index (Phi) is 4.62. The van der Waals surface area contributed by atoms with Gasteiger partial charge in [-0.25, -0.2) is 8.78 Å². The van der Waals surface area contributed by atoms with Crippen LogP contribution in [0.1, 0.15) is 18.6 Å². The van der Waals surface area contributed by atoms with E-state index in [1.54, 1.807) is 0 Å². The molecule has 0 heterocycles. The Morgan fingerprint density at radius 1 is 1.20 bits per heavy atom. The molecule has 0 aliphatic rings. The van der Waals surface area contributed by atoms with E-state index < -0.39 is 17.7 Å². The van der Waals surface area contributed by atoms with Gasteiger partial charge in [-0.15, -0.1) is 0 Å². The van der Waals surface area contributed by atoms with Gasteiger partial charge in [0.05, 0.1) is 21.2 Å². The van der Waals surface area contributed by atoms with Crippen LogP contribution in [0.2, 0.25) is 5.02 Å². The molecule has 6 heteroatoms. The molecule has 0 saturated carbocycles. The Bertz CT molecular complexity index is 647. The van der Waals surface area contributed by atoms with Crippen LogP contribution < -0.4 is 4.74 Å². The summed E-state index contributed by atoms with van der Waals surface area (Å²) in [4.78, 5) is 0. The molecular formula is C14H10BrClF2O2.